The molecule has 1 aromatic heterocycles. The second-order valence-corrected chi connectivity index (χ2v) is 6.03. The van der Waals surface area contributed by atoms with Gasteiger partial charge in [0.15, 0.2) is 0 Å². The van der Waals surface area contributed by atoms with Crippen LogP contribution in [-0.4, -0.2) is 39.7 Å². The SMILES string of the molecule is O=C(CCCn1ccc2cc(Cl)ccc21)N1CC[C@@H](O)C1. The third kappa shape index (κ3) is 3.22. The molecule has 2 heterocycles. The van der Waals surface area contributed by atoms with Crippen molar-refractivity contribution in [2.75, 3.05) is 13.1 Å². The van der Waals surface area contributed by atoms with E-state index in [9.17, 15) is 9.90 Å². The van der Waals surface area contributed by atoms with Crippen LogP contribution in [0.25, 0.3) is 10.9 Å². The molecule has 0 aliphatic carbocycles. The Labute approximate surface area is 128 Å². The molecule has 5 heteroatoms. The van der Waals surface area contributed by atoms with Gasteiger partial charge in [-0.3, -0.25) is 4.79 Å². The summed E-state index contributed by atoms with van der Waals surface area (Å²) in [5, 5.41) is 11.3. The number of halogens is 1. The van der Waals surface area contributed by atoms with Crippen LogP contribution in [0.5, 0.6) is 0 Å². The van der Waals surface area contributed by atoms with E-state index in [4.69, 9.17) is 11.6 Å². The zero-order valence-electron chi connectivity index (χ0n) is 11.8. The van der Waals surface area contributed by atoms with Gasteiger partial charge in [0.05, 0.1) is 6.10 Å². The molecular weight excluding hydrogens is 288 g/mol. The highest BCUT2D eigenvalue weighted by Crippen LogP contribution is 2.21. The first-order valence-corrected chi connectivity index (χ1v) is 7.71. The van der Waals surface area contributed by atoms with Crippen molar-refractivity contribution in [2.45, 2.75) is 31.9 Å². The number of carbonyl (C=O) groups is 1. The van der Waals surface area contributed by atoms with Gasteiger partial charge in [-0.2, -0.15) is 0 Å². The Hall–Kier alpha value is -1.52. The molecule has 0 bridgehead atoms. The highest BCUT2D eigenvalue weighted by Gasteiger charge is 2.23. The van der Waals surface area contributed by atoms with Gasteiger partial charge in [-0.1, -0.05) is 11.6 Å². The van der Waals surface area contributed by atoms with Crippen molar-refractivity contribution in [3.63, 3.8) is 0 Å². The van der Waals surface area contributed by atoms with Crippen molar-refractivity contribution in [3.8, 4) is 0 Å². The second kappa shape index (κ2) is 6.08. The molecule has 112 valence electrons. The molecule has 1 amide bonds. The van der Waals surface area contributed by atoms with Crippen LogP contribution >= 0.6 is 11.6 Å². The number of aryl methyl sites for hydroxylation is 1. The van der Waals surface area contributed by atoms with E-state index in [0.29, 0.717) is 25.9 Å². The van der Waals surface area contributed by atoms with Crippen molar-refractivity contribution in [2.24, 2.45) is 0 Å². The Balaban J connectivity index is 1.56. The van der Waals surface area contributed by atoms with E-state index in [1.54, 1.807) is 4.90 Å². The first-order valence-electron chi connectivity index (χ1n) is 7.34. The molecule has 1 N–H and O–H groups in total. The van der Waals surface area contributed by atoms with Crippen LogP contribution in [0.1, 0.15) is 19.3 Å². The highest BCUT2D eigenvalue weighted by atomic mass is 35.5. The summed E-state index contributed by atoms with van der Waals surface area (Å²) in [7, 11) is 0. The predicted molar refractivity (Wildman–Crippen MR) is 83.4 cm³/mol. The maximum absolute atomic E-state index is 12.0. The van der Waals surface area contributed by atoms with Crippen molar-refractivity contribution >= 4 is 28.4 Å². The first kappa shape index (κ1) is 14.4. The lowest BCUT2D eigenvalue weighted by molar-refractivity contribution is -0.130. The number of hydrogen-bond donors (Lipinski definition) is 1. The number of aromatic nitrogens is 1. The summed E-state index contributed by atoms with van der Waals surface area (Å²) in [6, 6.07) is 7.89. The number of nitrogens with zero attached hydrogens (tertiary/aromatic N) is 2. The molecule has 3 rings (SSSR count). The summed E-state index contributed by atoms with van der Waals surface area (Å²) in [6.45, 7) is 1.99. The minimum absolute atomic E-state index is 0.144. The summed E-state index contributed by atoms with van der Waals surface area (Å²) in [6.07, 6.45) is 3.73. The lowest BCUT2D eigenvalue weighted by Crippen LogP contribution is -2.29. The van der Waals surface area contributed by atoms with E-state index < -0.39 is 0 Å². The predicted octanol–water partition coefficient (Wildman–Crippen LogP) is 2.67. The van der Waals surface area contributed by atoms with Crippen LogP contribution in [0.2, 0.25) is 5.02 Å². The number of aliphatic hydroxyl groups is 1. The number of rotatable bonds is 4. The molecule has 0 spiro atoms. The van der Waals surface area contributed by atoms with Crippen LogP contribution in [0, 0.1) is 0 Å². The normalized spacial score (nSPS) is 18.6. The minimum Gasteiger partial charge on any atom is -0.391 e. The van der Waals surface area contributed by atoms with Crippen LogP contribution in [0.3, 0.4) is 0 Å². The first-order chi connectivity index (χ1) is 10.1. The number of benzene rings is 1. The Bertz CT molecular complexity index is 653. The van der Waals surface area contributed by atoms with Crippen molar-refractivity contribution < 1.29 is 9.90 Å². The maximum Gasteiger partial charge on any atom is 0.222 e. The van der Waals surface area contributed by atoms with Crippen LogP contribution < -0.4 is 0 Å². The second-order valence-electron chi connectivity index (χ2n) is 5.60. The molecule has 0 radical (unpaired) electrons. The zero-order valence-corrected chi connectivity index (χ0v) is 12.6. The molecule has 1 saturated heterocycles. The summed E-state index contributed by atoms with van der Waals surface area (Å²) < 4.78 is 2.15. The average Bonchev–Trinajstić information content (AvgIpc) is 3.05. The molecule has 1 aromatic carbocycles. The van der Waals surface area contributed by atoms with Gasteiger partial charge >= 0.3 is 0 Å². The topological polar surface area (TPSA) is 45.5 Å². The maximum atomic E-state index is 12.0. The minimum atomic E-state index is -0.341. The fourth-order valence-electron chi connectivity index (χ4n) is 2.89. The fourth-order valence-corrected chi connectivity index (χ4v) is 3.07. The van der Waals surface area contributed by atoms with Crippen LogP contribution in [-0.2, 0) is 11.3 Å². The van der Waals surface area contributed by atoms with E-state index in [-0.39, 0.29) is 12.0 Å². The molecular formula is C16H19ClN2O2. The lowest BCUT2D eigenvalue weighted by Gasteiger charge is -2.15. The molecule has 1 aliphatic rings. The van der Waals surface area contributed by atoms with Gasteiger partial charge in [-0.25, -0.2) is 0 Å². The van der Waals surface area contributed by atoms with Crippen LogP contribution in [0.15, 0.2) is 30.5 Å². The Morgan fingerprint density at radius 1 is 1.38 bits per heavy atom. The van der Waals surface area contributed by atoms with E-state index in [1.807, 2.05) is 30.5 Å². The Morgan fingerprint density at radius 2 is 2.24 bits per heavy atom. The number of carbonyl (C=O) groups excluding carboxylic acids is 1. The monoisotopic (exact) mass is 306 g/mol. The van der Waals surface area contributed by atoms with Crippen molar-refractivity contribution in [1.82, 2.24) is 9.47 Å². The number of β-amino-alcohol motifs (C(OH)–C–C–N with tert-alkyl or cyclic N) is 1. The number of likely N-dealkylation sites (tertiary alicyclic amines) is 1. The third-order valence-corrected chi connectivity index (χ3v) is 4.27. The smallest absolute Gasteiger partial charge is 0.222 e. The van der Waals surface area contributed by atoms with Gasteiger partial charge in [0.25, 0.3) is 0 Å². The van der Waals surface area contributed by atoms with Gasteiger partial charge in [0.1, 0.15) is 0 Å². The zero-order chi connectivity index (χ0) is 14.8. The lowest BCUT2D eigenvalue weighted by atomic mass is 10.2. The average molecular weight is 307 g/mol. The van der Waals surface area contributed by atoms with Gasteiger partial charge in [0, 0.05) is 48.2 Å². The molecule has 4 nitrogen and oxygen atoms in total. The summed E-state index contributed by atoms with van der Waals surface area (Å²) in [4.78, 5) is 13.8. The summed E-state index contributed by atoms with van der Waals surface area (Å²) in [5.74, 6) is 0.144. The van der Waals surface area contributed by atoms with E-state index in [1.165, 1.54) is 0 Å². The van der Waals surface area contributed by atoms with Gasteiger partial charge in [0.2, 0.25) is 5.91 Å². The molecule has 1 atom stereocenters. The van der Waals surface area contributed by atoms with Gasteiger partial charge < -0.3 is 14.6 Å². The molecule has 1 fully saturated rings. The number of fused-ring (bicyclic) bond motifs is 1. The molecule has 21 heavy (non-hydrogen) atoms. The summed E-state index contributed by atoms with van der Waals surface area (Å²) in [5.41, 5.74) is 1.14. The number of hydrogen-bond acceptors (Lipinski definition) is 2. The van der Waals surface area contributed by atoms with Gasteiger partial charge in [-0.15, -0.1) is 0 Å². The molecule has 2 aromatic rings. The van der Waals surface area contributed by atoms with Crippen LogP contribution in [0.4, 0.5) is 0 Å². The summed E-state index contributed by atoms with van der Waals surface area (Å²) >= 11 is 5.98. The highest BCUT2D eigenvalue weighted by molar-refractivity contribution is 6.31. The molecule has 1 aliphatic heterocycles. The van der Waals surface area contributed by atoms with Crippen molar-refractivity contribution in [3.05, 3.63) is 35.5 Å². The largest absolute Gasteiger partial charge is 0.391 e. The van der Waals surface area contributed by atoms with Gasteiger partial charge in [-0.05, 0) is 37.1 Å². The number of aliphatic hydroxyl groups excluding tert-OH is 1. The van der Waals surface area contributed by atoms with Crippen molar-refractivity contribution in [1.29, 1.82) is 0 Å². The van der Waals surface area contributed by atoms with E-state index >= 15 is 0 Å². The van der Waals surface area contributed by atoms with E-state index in [2.05, 4.69) is 4.57 Å². The molecule has 0 saturated carbocycles. The fraction of sp³-hybridized carbons (Fsp3) is 0.438. The molecule has 0 unspecified atom stereocenters. The Morgan fingerprint density at radius 3 is 3.00 bits per heavy atom. The van der Waals surface area contributed by atoms with E-state index in [0.717, 1.165) is 28.9 Å². The standard InChI is InChI=1S/C16H19ClN2O2/c17-13-3-4-15-12(10-13)5-8-18(15)7-1-2-16(21)19-9-6-14(20)11-19/h3-5,8,10,14,20H,1-2,6-7,9,11H2/t14-/m1/s1. The number of amides is 1. The third-order valence-electron chi connectivity index (χ3n) is 4.04. The Kier molecular flexibility index (Phi) is 4.17. The quantitative estimate of drug-likeness (QED) is 0.944.